The molecule has 1 aliphatic carbocycles. The van der Waals surface area contributed by atoms with E-state index in [-0.39, 0.29) is 6.04 Å². The molecule has 2 aromatic rings. The first-order valence-corrected chi connectivity index (χ1v) is 8.94. The van der Waals surface area contributed by atoms with Crippen molar-refractivity contribution >= 4 is 11.7 Å². The Hall–Kier alpha value is -2.47. The molecule has 6 heteroatoms. The van der Waals surface area contributed by atoms with Gasteiger partial charge in [0.15, 0.2) is 0 Å². The Morgan fingerprint density at radius 1 is 0.962 bits per heavy atom. The van der Waals surface area contributed by atoms with Gasteiger partial charge in [0.2, 0.25) is 0 Å². The summed E-state index contributed by atoms with van der Waals surface area (Å²) in [5.41, 5.74) is 0.635. The van der Waals surface area contributed by atoms with E-state index in [1.54, 1.807) is 4.90 Å². The van der Waals surface area contributed by atoms with E-state index >= 15 is 0 Å². The van der Waals surface area contributed by atoms with Gasteiger partial charge in [0.25, 0.3) is 0 Å². The maximum absolute atomic E-state index is 13.9. The van der Waals surface area contributed by atoms with Crippen molar-refractivity contribution in [2.45, 2.75) is 24.9 Å². The summed E-state index contributed by atoms with van der Waals surface area (Å²) in [6.45, 7) is 2.04. The summed E-state index contributed by atoms with van der Waals surface area (Å²) < 4.78 is 27.8. The molecule has 4 nitrogen and oxygen atoms in total. The zero-order chi connectivity index (χ0) is 18.1. The van der Waals surface area contributed by atoms with Crippen LogP contribution in [0.4, 0.5) is 19.3 Å². The first-order valence-electron chi connectivity index (χ1n) is 8.94. The molecule has 0 aromatic heterocycles. The Balaban J connectivity index is 1.57. The average Bonchev–Trinajstić information content (AvgIpc) is 3.50. The Morgan fingerprint density at radius 3 is 2.31 bits per heavy atom. The molecule has 1 unspecified atom stereocenters. The van der Waals surface area contributed by atoms with Crippen LogP contribution in [0.2, 0.25) is 0 Å². The average molecular weight is 357 g/mol. The third kappa shape index (κ3) is 3.42. The number of para-hydroxylation sites is 1. The third-order valence-corrected chi connectivity index (χ3v) is 5.11. The normalized spacial score (nSPS) is 20.8. The minimum Gasteiger partial charge on any atom is -0.315 e. The van der Waals surface area contributed by atoms with E-state index in [9.17, 15) is 13.6 Å². The predicted octanol–water partition coefficient (Wildman–Crippen LogP) is 4.02. The lowest BCUT2D eigenvalue weighted by Crippen LogP contribution is -2.52. The van der Waals surface area contributed by atoms with Gasteiger partial charge >= 0.3 is 6.03 Å². The molecule has 2 aliphatic rings. The number of hydrogen-bond acceptors (Lipinski definition) is 2. The van der Waals surface area contributed by atoms with Crippen LogP contribution in [0.1, 0.15) is 24.4 Å². The van der Waals surface area contributed by atoms with Crippen LogP contribution in [0.15, 0.2) is 48.5 Å². The van der Waals surface area contributed by atoms with Gasteiger partial charge in [0.05, 0.1) is 6.04 Å². The summed E-state index contributed by atoms with van der Waals surface area (Å²) >= 11 is 0. The number of hydrogen-bond donors (Lipinski definition) is 1. The van der Waals surface area contributed by atoms with Gasteiger partial charge in [-0.15, -0.1) is 0 Å². The molecule has 1 aliphatic heterocycles. The van der Waals surface area contributed by atoms with Crippen LogP contribution in [-0.4, -0.2) is 41.5 Å². The number of piperazine rings is 1. The fourth-order valence-electron chi connectivity index (χ4n) is 3.57. The summed E-state index contributed by atoms with van der Waals surface area (Å²) in [4.78, 5) is 16.9. The maximum atomic E-state index is 13.9. The number of urea groups is 1. The van der Waals surface area contributed by atoms with Crippen LogP contribution in [0.3, 0.4) is 0 Å². The Labute approximate surface area is 151 Å². The Bertz CT molecular complexity index is 775. The van der Waals surface area contributed by atoms with Gasteiger partial charge in [-0.1, -0.05) is 36.4 Å². The summed E-state index contributed by atoms with van der Waals surface area (Å²) in [7, 11) is 0. The number of halogens is 2. The van der Waals surface area contributed by atoms with E-state index in [1.165, 1.54) is 18.9 Å². The van der Waals surface area contributed by atoms with E-state index < -0.39 is 23.4 Å². The number of carbonyl (C=O) groups is 1. The zero-order valence-electron chi connectivity index (χ0n) is 14.4. The van der Waals surface area contributed by atoms with Crippen molar-refractivity contribution in [2.24, 2.45) is 0 Å². The van der Waals surface area contributed by atoms with Gasteiger partial charge in [-0.25, -0.2) is 13.6 Å². The minimum atomic E-state index is -0.772. The molecular formula is C20H21F2N3O. The molecule has 0 spiro atoms. The molecule has 4 rings (SSSR count). The summed E-state index contributed by atoms with van der Waals surface area (Å²) in [5, 5.41) is 2.43. The lowest BCUT2D eigenvalue weighted by molar-refractivity contribution is 0.0953. The molecule has 2 amide bonds. The van der Waals surface area contributed by atoms with Crippen molar-refractivity contribution in [1.82, 2.24) is 9.80 Å². The molecule has 0 radical (unpaired) electrons. The van der Waals surface area contributed by atoms with Crippen molar-refractivity contribution in [3.8, 4) is 0 Å². The van der Waals surface area contributed by atoms with E-state index in [1.807, 2.05) is 30.3 Å². The van der Waals surface area contributed by atoms with Gasteiger partial charge in [-0.2, -0.15) is 0 Å². The van der Waals surface area contributed by atoms with Crippen LogP contribution in [0, 0.1) is 11.6 Å². The van der Waals surface area contributed by atoms with Crippen molar-refractivity contribution in [2.75, 3.05) is 25.0 Å². The number of nitrogens with one attached hydrogen (secondary N) is 1. The van der Waals surface area contributed by atoms with Crippen LogP contribution in [0.5, 0.6) is 0 Å². The molecule has 1 saturated carbocycles. The summed E-state index contributed by atoms with van der Waals surface area (Å²) in [5.74, 6) is -1.54. The highest BCUT2D eigenvalue weighted by atomic mass is 19.1. The molecule has 1 saturated heterocycles. The number of carbonyl (C=O) groups excluding carboxylic acids is 1. The molecule has 1 atom stereocenters. The Morgan fingerprint density at radius 2 is 1.65 bits per heavy atom. The second-order valence-corrected chi connectivity index (χ2v) is 6.87. The summed E-state index contributed by atoms with van der Waals surface area (Å²) in [6, 6.07) is 13.4. The quantitative estimate of drug-likeness (QED) is 0.901. The highest BCUT2D eigenvalue weighted by Gasteiger charge is 2.38. The largest absolute Gasteiger partial charge is 0.322 e. The first-order chi connectivity index (χ1) is 12.6. The molecule has 1 heterocycles. The topological polar surface area (TPSA) is 35.6 Å². The van der Waals surface area contributed by atoms with Crippen LogP contribution in [0.25, 0.3) is 0 Å². The highest BCUT2D eigenvalue weighted by Crippen LogP contribution is 2.34. The molecule has 26 heavy (non-hydrogen) atoms. The molecular weight excluding hydrogens is 336 g/mol. The van der Waals surface area contributed by atoms with E-state index in [0.29, 0.717) is 12.6 Å². The van der Waals surface area contributed by atoms with Crippen LogP contribution in [-0.2, 0) is 0 Å². The van der Waals surface area contributed by atoms with E-state index in [2.05, 4.69) is 10.2 Å². The first kappa shape index (κ1) is 17.0. The van der Waals surface area contributed by atoms with Gasteiger partial charge in [0.1, 0.15) is 17.3 Å². The fraction of sp³-hybridized carbons (Fsp3) is 0.350. The van der Waals surface area contributed by atoms with Gasteiger partial charge in [-0.3, -0.25) is 4.90 Å². The highest BCUT2D eigenvalue weighted by molar-refractivity contribution is 5.90. The molecule has 0 bridgehead atoms. The standard InChI is InChI=1S/C20H21F2N3O/c21-16-7-4-8-17(22)19(16)23-20(26)25-12-11-24(15-9-10-15)13-18(25)14-5-2-1-3-6-14/h1-8,15,18H,9-13H2,(H,23,26). The lowest BCUT2D eigenvalue weighted by atomic mass is 10.0. The number of amides is 2. The van der Waals surface area contributed by atoms with E-state index in [4.69, 9.17) is 0 Å². The van der Waals surface area contributed by atoms with Crippen molar-refractivity contribution < 1.29 is 13.6 Å². The fourth-order valence-corrected chi connectivity index (χ4v) is 3.57. The number of anilines is 1. The van der Waals surface area contributed by atoms with Crippen LogP contribution < -0.4 is 5.32 Å². The second-order valence-electron chi connectivity index (χ2n) is 6.87. The second kappa shape index (κ2) is 7.03. The van der Waals surface area contributed by atoms with Crippen molar-refractivity contribution in [3.05, 3.63) is 65.7 Å². The SMILES string of the molecule is O=C(Nc1c(F)cccc1F)N1CCN(C2CC2)CC1c1ccccc1. The van der Waals surface area contributed by atoms with Gasteiger partial charge < -0.3 is 10.2 Å². The molecule has 136 valence electrons. The number of nitrogens with zero attached hydrogens (tertiary/aromatic N) is 2. The molecule has 1 N–H and O–H groups in total. The van der Waals surface area contributed by atoms with Gasteiger partial charge in [0, 0.05) is 25.7 Å². The monoisotopic (exact) mass is 357 g/mol. The third-order valence-electron chi connectivity index (χ3n) is 5.11. The van der Waals surface area contributed by atoms with E-state index in [0.717, 1.165) is 30.8 Å². The lowest BCUT2D eigenvalue weighted by Gasteiger charge is -2.41. The Kier molecular flexibility index (Phi) is 4.59. The molecule has 2 fully saturated rings. The summed E-state index contributed by atoms with van der Waals surface area (Å²) in [6.07, 6.45) is 2.41. The zero-order valence-corrected chi connectivity index (χ0v) is 14.4. The number of benzene rings is 2. The van der Waals surface area contributed by atoms with Crippen molar-refractivity contribution in [1.29, 1.82) is 0 Å². The number of rotatable bonds is 3. The minimum absolute atomic E-state index is 0.139. The molecule has 2 aromatic carbocycles. The maximum Gasteiger partial charge on any atom is 0.322 e. The van der Waals surface area contributed by atoms with Crippen molar-refractivity contribution in [3.63, 3.8) is 0 Å². The van der Waals surface area contributed by atoms with Crippen LogP contribution >= 0.6 is 0 Å². The predicted molar refractivity (Wildman–Crippen MR) is 95.9 cm³/mol. The van der Waals surface area contributed by atoms with Gasteiger partial charge in [-0.05, 0) is 30.5 Å². The smallest absolute Gasteiger partial charge is 0.315 e.